The molecule has 0 aromatic heterocycles. The summed E-state index contributed by atoms with van der Waals surface area (Å²) in [5, 5.41) is 12.7. The van der Waals surface area contributed by atoms with Crippen molar-refractivity contribution >= 4 is 0 Å². The first-order chi connectivity index (χ1) is 13.2. The summed E-state index contributed by atoms with van der Waals surface area (Å²) in [5.74, 6) is 0.162. The van der Waals surface area contributed by atoms with Crippen molar-refractivity contribution in [2.24, 2.45) is 0 Å². The zero-order chi connectivity index (χ0) is 18.4. The van der Waals surface area contributed by atoms with Crippen LogP contribution in [-0.2, 0) is 6.54 Å². The third kappa shape index (κ3) is 3.26. The minimum atomic E-state index is -0.430. The quantitative estimate of drug-likeness (QED) is 0.888. The molecule has 4 heteroatoms. The van der Waals surface area contributed by atoms with Gasteiger partial charge in [0.25, 0.3) is 0 Å². The lowest BCUT2D eigenvalue weighted by Crippen LogP contribution is -2.50. The van der Waals surface area contributed by atoms with Crippen LogP contribution in [0.1, 0.15) is 48.3 Å². The Morgan fingerprint density at radius 1 is 1.07 bits per heavy atom. The van der Waals surface area contributed by atoms with Gasteiger partial charge in [-0.2, -0.15) is 5.26 Å². The smallest absolute Gasteiger partial charge is 0.141 e. The fourth-order valence-corrected chi connectivity index (χ4v) is 4.89. The number of halogens is 1. The van der Waals surface area contributed by atoms with Crippen LogP contribution in [0.25, 0.3) is 11.1 Å². The molecule has 1 saturated carbocycles. The molecule has 138 valence electrons. The summed E-state index contributed by atoms with van der Waals surface area (Å²) >= 11 is 0. The molecule has 2 atom stereocenters. The van der Waals surface area contributed by atoms with Crippen LogP contribution in [0.5, 0.6) is 0 Å². The van der Waals surface area contributed by atoms with Gasteiger partial charge in [-0.25, -0.2) is 4.39 Å². The van der Waals surface area contributed by atoms with E-state index >= 15 is 0 Å². The largest absolute Gasteiger partial charge is 0.309 e. The summed E-state index contributed by atoms with van der Waals surface area (Å²) in [5.41, 5.74) is 4.92. The maximum atomic E-state index is 14.2. The lowest BCUT2D eigenvalue weighted by molar-refractivity contribution is 0.188. The SMILES string of the molecule is N#Cc1ccc(-c2cccc(CN3CC4CCC(C3)N4)c2C2CC2)cc1F. The van der Waals surface area contributed by atoms with Crippen molar-refractivity contribution < 1.29 is 4.39 Å². The van der Waals surface area contributed by atoms with E-state index in [-0.39, 0.29) is 5.56 Å². The number of hydrogen-bond acceptors (Lipinski definition) is 3. The number of hydrogen-bond donors (Lipinski definition) is 1. The Hall–Kier alpha value is -2.22. The number of benzene rings is 2. The molecule has 0 radical (unpaired) electrons. The first-order valence-corrected chi connectivity index (χ1v) is 10.0. The van der Waals surface area contributed by atoms with Crippen LogP contribution in [0.15, 0.2) is 36.4 Å². The zero-order valence-electron chi connectivity index (χ0n) is 15.4. The van der Waals surface area contributed by atoms with Gasteiger partial charge in [-0.1, -0.05) is 24.3 Å². The molecule has 0 amide bonds. The number of nitrogens with zero attached hydrogens (tertiary/aromatic N) is 2. The van der Waals surface area contributed by atoms with Gasteiger partial charge < -0.3 is 5.32 Å². The standard InChI is InChI=1S/C23H24FN3/c24-22-10-16(6-7-17(22)11-25)21-3-1-2-18(23(21)15-4-5-15)12-27-13-19-8-9-20(14-27)26-19/h1-3,6-7,10,15,19-20,26H,4-5,8-9,12-14H2. The predicted octanol–water partition coefficient (Wildman–Crippen LogP) is 4.18. The molecule has 2 heterocycles. The normalized spacial score (nSPS) is 24.7. The summed E-state index contributed by atoms with van der Waals surface area (Å²) in [6.45, 7) is 3.22. The van der Waals surface area contributed by atoms with E-state index in [4.69, 9.17) is 5.26 Å². The molecular weight excluding hydrogens is 337 g/mol. The van der Waals surface area contributed by atoms with E-state index in [1.807, 2.05) is 12.1 Å². The number of nitrogens with one attached hydrogen (secondary N) is 1. The van der Waals surface area contributed by atoms with Crippen LogP contribution in [0.3, 0.4) is 0 Å². The molecule has 0 spiro atoms. The van der Waals surface area contributed by atoms with Crippen molar-refractivity contribution in [3.05, 3.63) is 58.9 Å². The van der Waals surface area contributed by atoms with E-state index in [2.05, 4.69) is 28.4 Å². The van der Waals surface area contributed by atoms with E-state index in [0.717, 1.165) is 30.8 Å². The summed E-state index contributed by atoms with van der Waals surface area (Å²) in [7, 11) is 0. The third-order valence-electron chi connectivity index (χ3n) is 6.27. The van der Waals surface area contributed by atoms with Gasteiger partial charge in [0.1, 0.15) is 11.9 Å². The second-order valence-corrected chi connectivity index (χ2v) is 8.29. The van der Waals surface area contributed by atoms with Crippen LogP contribution in [0.2, 0.25) is 0 Å². The van der Waals surface area contributed by atoms with Crippen molar-refractivity contribution in [3.8, 4) is 17.2 Å². The van der Waals surface area contributed by atoms with Gasteiger partial charge >= 0.3 is 0 Å². The summed E-state index contributed by atoms with van der Waals surface area (Å²) in [6, 6.07) is 14.7. The monoisotopic (exact) mass is 361 g/mol. The highest BCUT2D eigenvalue weighted by molar-refractivity contribution is 5.71. The summed E-state index contributed by atoms with van der Waals surface area (Å²) < 4.78 is 14.2. The molecule has 27 heavy (non-hydrogen) atoms. The van der Waals surface area contributed by atoms with Gasteiger partial charge in [0.05, 0.1) is 5.56 Å². The van der Waals surface area contributed by atoms with Gasteiger partial charge in [0.2, 0.25) is 0 Å². The minimum absolute atomic E-state index is 0.110. The predicted molar refractivity (Wildman–Crippen MR) is 104 cm³/mol. The molecule has 3 nitrogen and oxygen atoms in total. The molecule has 3 aliphatic rings. The Balaban J connectivity index is 1.49. The van der Waals surface area contributed by atoms with Crippen molar-refractivity contribution in [1.29, 1.82) is 5.26 Å². The second kappa shape index (κ2) is 6.74. The topological polar surface area (TPSA) is 39.1 Å². The van der Waals surface area contributed by atoms with Crippen molar-refractivity contribution in [3.63, 3.8) is 0 Å². The molecule has 3 fully saturated rings. The molecule has 2 aliphatic heterocycles. The fraction of sp³-hybridized carbons (Fsp3) is 0.435. The Morgan fingerprint density at radius 2 is 1.85 bits per heavy atom. The molecule has 2 aromatic rings. The van der Waals surface area contributed by atoms with Crippen LogP contribution < -0.4 is 5.32 Å². The summed E-state index contributed by atoms with van der Waals surface area (Å²) in [4.78, 5) is 2.59. The Labute approximate surface area is 159 Å². The lowest BCUT2D eigenvalue weighted by atomic mass is 9.91. The maximum Gasteiger partial charge on any atom is 0.141 e. The number of fused-ring (bicyclic) bond motifs is 2. The number of nitriles is 1. The van der Waals surface area contributed by atoms with Crippen molar-refractivity contribution in [1.82, 2.24) is 10.2 Å². The maximum absolute atomic E-state index is 14.2. The Bertz CT molecular complexity index is 900. The molecule has 2 aromatic carbocycles. The first kappa shape index (κ1) is 16.9. The number of rotatable bonds is 4. The van der Waals surface area contributed by atoms with Gasteiger partial charge in [-0.15, -0.1) is 0 Å². The van der Waals surface area contributed by atoms with Crippen molar-refractivity contribution in [2.45, 2.75) is 50.2 Å². The minimum Gasteiger partial charge on any atom is -0.309 e. The van der Waals surface area contributed by atoms with Crippen LogP contribution >= 0.6 is 0 Å². The van der Waals surface area contributed by atoms with Gasteiger partial charge in [-0.05, 0) is 66.0 Å². The average Bonchev–Trinajstić information content (AvgIpc) is 3.45. The highest BCUT2D eigenvalue weighted by Crippen LogP contribution is 2.46. The van der Waals surface area contributed by atoms with Crippen LogP contribution in [0.4, 0.5) is 4.39 Å². The lowest BCUT2D eigenvalue weighted by Gasteiger charge is -2.33. The van der Waals surface area contributed by atoms with Crippen LogP contribution in [0, 0.1) is 17.1 Å². The van der Waals surface area contributed by atoms with Crippen LogP contribution in [-0.4, -0.2) is 30.1 Å². The molecule has 2 unspecified atom stereocenters. The second-order valence-electron chi connectivity index (χ2n) is 8.29. The fourth-order valence-electron chi connectivity index (χ4n) is 4.89. The molecule has 5 rings (SSSR count). The van der Waals surface area contributed by atoms with Crippen molar-refractivity contribution in [2.75, 3.05) is 13.1 Å². The average molecular weight is 361 g/mol. The highest BCUT2D eigenvalue weighted by Gasteiger charge is 2.34. The van der Waals surface area contributed by atoms with E-state index in [0.29, 0.717) is 18.0 Å². The molecular formula is C23H24FN3. The third-order valence-corrected chi connectivity index (χ3v) is 6.27. The molecule has 1 aliphatic carbocycles. The van der Waals surface area contributed by atoms with E-state index < -0.39 is 5.82 Å². The number of piperazine rings is 1. The van der Waals surface area contributed by atoms with E-state index in [9.17, 15) is 4.39 Å². The zero-order valence-corrected chi connectivity index (χ0v) is 15.4. The van der Waals surface area contributed by atoms with Gasteiger partial charge in [0.15, 0.2) is 0 Å². The molecule has 2 saturated heterocycles. The molecule has 2 bridgehead atoms. The molecule has 1 N–H and O–H groups in total. The van der Waals surface area contributed by atoms with E-state index in [1.54, 1.807) is 6.07 Å². The van der Waals surface area contributed by atoms with E-state index in [1.165, 1.54) is 42.9 Å². The van der Waals surface area contributed by atoms with Gasteiger partial charge in [-0.3, -0.25) is 4.90 Å². The highest BCUT2D eigenvalue weighted by atomic mass is 19.1. The Kier molecular flexibility index (Phi) is 4.22. The Morgan fingerprint density at radius 3 is 2.52 bits per heavy atom. The first-order valence-electron chi connectivity index (χ1n) is 10.0. The summed E-state index contributed by atoms with van der Waals surface area (Å²) in [6.07, 6.45) is 5.02. The van der Waals surface area contributed by atoms with Gasteiger partial charge in [0, 0.05) is 31.7 Å². The number of likely N-dealkylation sites (tertiary alicyclic amines) is 1.